The van der Waals surface area contributed by atoms with E-state index in [0.29, 0.717) is 6.61 Å². The van der Waals surface area contributed by atoms with Crippen LogP contribution in [0.3, 0.4) is 0 Å². The second-order valence-corrected chi connectivity index (χ2v) is 4.51. The summed E-state index contributed by atoms with van der Waals surface area (Å²) in [6.07, 6.45) is 3.80. The van der Waals surface area contributed by atoms with Crippen molar-refractivity contribution in [1.82, 2.24) is 10.6 Å². The Morgan fingerprint density at radius 1 is 1.39 bits per heavy atom. The SMILES string of the molecule is CCOC(CNC(=O)NC1CCCC1)CC(=O)O. The van der Waals surface area contributed by atoms with E-state index < -0.39 is 12.1 Å². The summed E-state index contributed by atoms with van der Waals surface area (Å²) >= 11 is 0. The topological polar surface area (TPSA) is 87.7 Å². The summed E-state index contributed by atoms with van der Waals surface area (Å²) in [6.45, 7) is 2.45. The molecule has 3 N–H and O–H groups in total. The summed E-state index contributed by atoms with van der Waals surface area (Å²) in [6, 6.07) is 0.0204. The molecule has 1 aliphatic rings. The third kappa shape index (κ3) is 5.86. The molecule has 1 aliphatic carbocycles. The molecule has 0 aromatic heterocycles. The number of carboxylic acid groups (broad SMARTS) is 1. The first-order chi connectivity index (χ1) is 8.61. The Bertz CT molecular complexity index is 277. The normalized spacial score (nSPS) is 17.4. The van der Waals surface area contributed by atoms with Crippen LogP contribution in [0.1, 0.15) is 39.0 Å². The zero-order valence-corrected chi connectivity index (χ0v) is 10.8. The fourth-order valence-electron chi connectivity index (χ4n) is 2.13. The highest BCUT2D eigenvalue weighted by Crippen LogP contribution is 2.17. The van der Waals surface area contributed by atoms with Gasteiger partial charge in [0.2, 0.25) is 0 Å². The Morgan fingerprint density at radius 2 is 2.06 bits per heavy atom. The van der Waals surface area contributed by atoms with Crippen molar-refractivity contribution in [1.29, 1.82) is 0 Å². The van der Waals surface area contributed by atoms with E-state index >= 15 is 0 Å². The highest BCUT2D eigenvalue weighted by Gasteiger charge is 2.18. The van der Waals surface area contributed by atoms with Crippen LogP contribution in [0.2, 0.25) is 0 Å². The molecule has 1 fully saturated rings. The monoisotopic (exact) mass is 258 g/mol. The molecule has 104 valence electrons. The molecule has 18 heavy (non-hydrogen) atoms. The molecule has 1 rings (SSSR count). The average Bonchev–Trinajstić information content (AvgIpc) is 2.78. The number of hydrogen-bond acceptors (Lipinski definition) is 3. The number of aliphatic carboxylic acids is 1. The fraction of sp³-hybridized carbons (Fsp3) is 0.833. The van der Waals surface area contributed by atoms with Crippen LogP contribution in [0.25, 0.3) is 0 Å². The minimum absolute atomic E-state index is 0.0997. The van der Waals surface area contributed by atoms with Crippen LogP contribution in [0.4, 0.5) is 4.79 Å². The van der Waals surface area contributed by atoms with Crippen LogP contribution in [0.15, 0.2) is 0 Å². The number of urea groups is 1. The molecule has 0 radical (unpaired) electrons. The predicted molar refractivity (Wildman–Crippen MR) is 66.5 cm³/mol. The van der Waals surface area contributed by atoms with Crippen molar-refractivity contribution < 1.29 is 19.4 Å². The van der Waals surface area contributed by atoms with Crippen LogP contribution < -0.4 is 10.6 Å². The van der Waals surface area contributed by atoms with E-state index in [1.54, 1.807) is 6.92 Å². The first-order valence-electron chi connectivity index (χ1n) is 6.49. The molecule has 0 spiro atoms. The molecular formula is C12H22N2O4. The summed E-state index contributed by atoms with van der Waals surface area (Å²) < 4.78 is 5.25. The van der Waals surface area contributed by atoms with Crippen LogP contribution >= 0.6 is 0 Å². The largest absolute Gasteiger partial charge is 0.481 e. The fourth-order valence-corrected chi connectivity index (χ4v) is 2.13. The van der Waals surface area contributed by atoms with Crippen LogP contribution in [-0.2, 0) is 9.53 Å². The van der Waals surface area contributed by atoms with Gasteiger partial charge in [-0.15, -0.1) is 0 Å². The number of hydrogen-bond donors (Lipinski definition) is 3. The number of carbonyl (C=O) groups is 2. The van der Waals surface area contributed by atoms with Gasteiger partial charge in [-0.25, -0.2) is 4.79 Å². The van der Waals surface area contributed by atoms with Gasteiger partial charge in [-0.1, -0.05) is 12.8 Å². The van der Waals surface area contributed by atoms with E-state index in [1.165, 1.54) is 0 Å². The second-order valence-electron chi connectivity index (χ2n) is 4.51. The third-order valence-electron chi connectivity index (χ3n) is 2.99. The lowest BCUT2D eigenvalue weighted by atomic mass is 10.2. The third-order valence-corrected chi connectivity index (χ3v) is 2.99. The molecule has 1 atom stereocenters. The lowest BCUT2D eigenvalue weighted by Crippen LogP contribution is -2.44. The van der Waals surface area contributed by atoms with Gasteiger partial charge in [0.25, 0.3) is 0 Å². The Labute approximate surface area is 107 Å². The van der Waals surface area contributed by atoms with Gasteiger partial charge < -0.3 is 20.5 Å². The lowest BCUT2D eigenvalue weighted by molar-refractivity contribution is -0.140. The molecule has 0 aromatic carbocycles. The van der Waals surface area contributed by atoms with E-state index in [9.17, 15) is 9.59 Å². The van der Waals surface area contributed by atoms with Crippen molar-refractivity contribution in [2.45, 2.75) is 51.2 Å². The number of rotatable bonds is 7. The molecule has 0 aliphatic heterocycles. The minimum atomic E-state index is -0.925. The van der Waals surface area contributed by atoms with Crippen molar-refractivity contribution in [2.75, 3.05) is 13.2 Å². The highest BCUT2D eigenvalue weighted by molar-refractivity contribution is 5.74. The predicted octanol–water partition coefficient (Wildman–Crippen LogP) is 1.11. The van der Waals surface area contributed by atoms with E-state index in [4.69, 9.17) is 9.84 Å². The van der Waals surface area contributed by atoms with Crippen molar-refractivity contribution >= 4 is 12.0 Å². The average molecular weight is 258 g/mol. The van der Waals surface area contributed by atoms with E-state index in [-0.39, 0.29) is 25.0 Å². The van der Waals surface area contributed by atoms with Gasteiger partial charge in [0.05, 0.1) is 12.5 Å². The van der Waals surface area contributed by atoms with E-state index in [2.05, 4.69) is 10.6 Å². The maximum absolute atomic E-state index is 11.6. The van der Waals surface area contributed by atoms with Gasteiger partial charge >= 0.3 is 12.0 Å². The van der Waals surface area contributed by atoms with Gasteiger partial charge in [-0.2, -0.15) is 0 Å². The van der Waals surface area contributed by atoms with Crippen molar-refractivity contribution in [2.24, 2.45) is 0 Å². The second kappa shape index (κ2) is 7.92. The lowest BCUT2D eigenvalue weighted by Gasteiger charge is -2.17. The van der Waals surface area contributed by atoms with E-state index in [1.807, 2.05) is 0 Å². The van der Waals surface area contributed by atoms with Gasteiger partial charge in [0.15, 0.2) is 0 Å². The minimum Gasteiger partial charge on any atom is -0.481 e. The summed E-state index contributed by atoms with van der Waals surface area (Å²) in [4.78, 5) is 22.2. The highest BCUT2D eigenvalue weighted by atomic mass is 16.5. The van der Waals surface area contributed by atoms with E-state index in [0.717, 1.165) is 25.7 Å². The number of carboxylic acids is 1. The smallest absolute Gasteiger partial charge is 0.315 e. The quantitative estimate of drug-likeness (QED) is 0.638. The number of carbonyl (C=O) groups excluding carboxylic acids is 1. The summed E-state index contributed by atoms with van der Waals surface area (Å²) in [7, 11) is 0. The Morgan fingerprint density at radius 3 is 2.61 bits per heavy atom. The number of ether oxygens (including phenoxy) is 1. The number of nitrogens with one attached hydrogen (secondary N) is 2. The molecule has 0 aromatic rings. The Balaban J connectivity index is 2.22. The first-order valence-corrected chi connectivity index (χ1v) is 6.49. The van der Waals surface area contributed by atoms with Crippen molar-refractivity contribution in [3.63, 3.8) is 0 Å². The number of amides is 2. The summed E-state index contributed by atoms with van der Waals surface area (Å²) in [5.74, 6) is -0.925. The van der Waals surface area contributed by atoms with Gasteiger partial charge in [0, 0.05) is 19.2 Å². The van der Waals surface area contributed by atoms with Crippen LogP contribution in [-0.4, -0.2) is 42.4 Å². The molecule has 0 saturated heterocycles. The molecule has 0 bridgehead atoms. The van der Waals surface area contributed by atoms with Crippen molar-refractivity contribution in [3.05, 3.63) is 0 Å². The van der Waals surface area contributed by atoms with Crippen LogP contribution in [0, 0.1) is 0 Å². The molecule has 6 nitrogen and oxygen atoms in total. The first kappa shape index (κ1) is 14.8. The molecule has 0 heterocycles. The zero-order valence-electron chi connectivity index (χ0n) is 10.8. The maximum atomic E-state index is 11.6. The molecule has 1 unspecified atom stereocenters. The Hall–Kier alpha value is -1.30. The summed E-state index contributed by atoms with van der Waals surface area (Å²) in [5, 5.41) is 14.2. The molecule has 2 amide bonds. The standard InChI is InChI=1S/C12H22N2O4/c1-2-18-10(7-11(15)16)8-13-12(17)14-9-5-3-4-6-9/h9-10H,2-8H2,1H3,(H,15,16)(H2,13,14,17). The zero-order chi connectivity index (χ0) is 13.4. The molecular weight excluding hydrogens is 236 g/mol. The summed E-state index contributed by atoms with van der Waals surface area (Å²) in [5.41, 5.74) is 0. The maximum Gasteiger partial charge on any atom is 0.315 e. The van der Waals surface area contributed by atoms with Crippen molar-refractivity contribution in [3.8, 4) is 0 Å². The van der Waals surface area contributed by atoms with Crippen LogP contribution in [0.5, 0.6) is 0 Å². The Kier molecular flexibility index (Phi) is 6.49. The van der Waals surface area contributed by atoms with Gasteiger partial charge in [-0.05, 0) is 19.8 Å². The van der Waals surface area contributed by atoms with Gasteiger partial charge in [0.1, 0.15) is 0 Å². The molecule has 1 saturated carbocycles. The molecule has 6 heteroatoms. The van der Waals surface area contributed by atoms with Gasteiger partial charge in [-0.3, -0.25) is 4.79 Å².